The lowest BCUT2D eigenvalue weighted by Gasteiger charge is -2.26. The van der Waals surface area contributed by atoms with Crippen molar-refractivity contribution in [1.29, 1.82) is 0 Å². The standard InChI is InChI=1S/C24H26FN3O3S/c1-27(2)21-10-9-20(26-23(29)17-6-4-7-19(25)14-17)15-18(21)16-28(11-12-31-3)24(30)22-8-5-13-32-22/h4-10,13-15H,11-12,16H2,1-3H3,(H,26,29). The molecule has 0 fully saturated rings. The smallest absolute Gasteiger partial charge is 0.264 e. The highest BCUT2D eigenvalue weighted by Crippen LogP contribution is 2.26. The average Bonchev–Trinajstić information content (AvgIpc) is 3.31. The molecule has 168 valence electrons. The predicted octanol–water partition coefficient (Wildman–Crippen LogP) is 4.49. The van der Waals surface area contributed by atoms with Gasteiger partial charge in [0.2, 0.25) is 0 Å². The van der Waals surface area contributed by atoms with Crippen molar-refractivity contribution in [2.45, 2.75) is 6.54 Å². The van der Waals surface area contributed by atoms with Crippen molar-refractivity contribution in [1.82, 2.24) is 4.90 Å². The lowest BCUT2D eigenvalue weighted by Crippen LogP contribution is -2.33. The largest absolute Gasteiger partial charge is 0.383 e. The Kier molecular flexibility index (Phi) is 7.97. The van der Waals surface area contributed by atoms with E-state index in [0.29, 0.717) is 30.3 Å². The maximum Gasteiger partial charge on any atom is 0.264 e. The second-order valence-electron chi connectivity index (χ2n) is 7.40. The lowest BCUT2D eigenvalue weighted by molar-refractivity contribution is 0.0685. The number of carbonyl (C=O) groups is 2. The Morgan fingerprint density at radius 2 is 1.91 bits per heavy atom. The zero-order valence-corrected chi connectivity index (χ0v) is 19.1. The predicted molar refractivity (Wildman–Crippen MR) is 126 cm³/mol. The number of thiophene rings is 1. The molecule has 0 saturated carbocycles. The molecular weight excluding hydrogens is 429 g/mol. The molecule has 6 nitrogen and oxygen atoms in total. The van der Waals surface area contributed by atoms with Gasteiger partial charge in [-0.2, -0.15) is 0 Å². The molecule has 0 atom stereocenters. The van der Waals surface area contributed by atoms with E-state index in [9.17, 15) is 14.0 Å². The Morgan fingerprint density at radius 3 is 2.56 bits per heavy atom. The van der Waals surface area contributed by atoms with Crippen molar-refractivity contribution in [2.24, 2.45) is 0 Å². The zero-order chi connectivity index (χ0) is 23.1. The minimum atomic E-state index is -0.470. The van der Waals surface area contributed by atoms with Gasteiger partial charge in [0.25, 0.3) is 11.8 Å². The number of ether oxygens (including phenoxy) is 1. The van der Waals surface area contributed by atoms with Gasteiger partial charge < -0.3 is 19.9 Å². The van der Waals surface area contributed by atoms with Crippen LogP contribution in [0.2, 0.25) is 0 Å². The molecule has 0 spiro atoms. The molecule has 0 bridgehead atoms. The number of halogens is 1. The van der Waals surface area contributed by atoms with Crippen LogP contribution in [0.5, 0.6) is 0 Å². The summed E-state index contributed by atoms with van der Waals surface area (Å²) in [5.41, 5.74) is 2.59. The first-order valence-corrected chi connectivity index (χ1v) is 11.0. The van der Waals surface area contributed by atoms with Gasteiger partial charge in [0.15, 0.2) is 0 Å². The molecule has 1 heterocycles. The molecule has 32 heavy (non-hydrogen) atoms. The number of amides is 2. The molecule has 0 saturated heterocycles. The highest BCUT2D eigenvalue weighted by atomic mass is 32.1. The SMILES string of the molecule is COCCN(Cc1cc(NC(=O)c2cccc(F)c2)ccc1N(C)C)C(=O)c1cccs1. The van der Waals surface area contributed by atoms with Gasteiger partial charge in [-0.1, -0.05) is 12.1 Å². The minimum Gasteiger partial charge on any atom is -0.383 e. The van der Waals surface area contributed by atoms with E-state index in [1.807, 2.05) is 42.6 Å². The first kappa shape index (κ1) is 23.4. The van der Waals surface area contributed by atoms with Gasteiger partial charge in [0, 0.05) is 51.2 Å². The summed E-state index contributed by atoms with van der Waals surface area (Å²) in [7, 11) is 5.44. The van der Waals surface area contributed by atoms with E-state index in [1.165, 1.54) is 29.5 Å². The van der Waals surface area contributed by atoms with Gasteiger partial charge in [-0.25, -0.2) is 4.39 Å². The van der Waals surface area contributed by atoms with Crippen LogP contribution < -0.4 is 10.2 Å². The van der Waals surface area contributed by atoms with Gasteiger partial charge in [0.1, 0.15) is 5.82 Å². The molecule has 8 heteroatoms. The summed E-state index contributed by atoms with van der Waals surface area (Å²) in [6.45, 7) is 1.18. The van der Waals surface area contributed by atoms with Gasteiger partial charge >= 0.3 is 0 Å². The van der Waals surface area contributed by atoms with Crippen LogP contribution in [0.1, 0.15) is 25.6 Å². The van der Waals surface area contributed by atoms with Crippen LogP contribution in [0, 0.1) is 5.82 Å². The normalized spacial score (nSPS) is 10.6. The van der Waals surface area contributed by atoms with Crippen LogP contribution in [0.25, 0.3) is 0 Å². The lowest BCUT2D eigenvalue weighted by atomic mass is 10.1. The Balaban J connectivity index is 1.87. The molecule has 0 aliphatic rings. The fourth-order valence-electron chi connectivity index (χ4n) is 3.27. The molecule has 0 aliphatic carbocycles. The number of nitrogens with one attached hydrogen (secondary N) is 1. The summed E-state index contributed by atoms with van der Waals surface area (Å²) in [5.74, 6) is -0.947. The first-order chi connectivity index (χ1) is 15.4. The van der Waals surface area contributed by atoms with Crippen LogP contribution in [0.15, 0.2) is 60.0 Å². The maximum atomic E-state index is 13.5. The fourth-order valence-corrected chi connectivity index (χ4v) is 3.97. The third-order valence-electron chi connectivity index (χ3n) is 4.85. The number of benzene rings is 2. The molecule has 0 radical (unpaired) electrons. The van der Waals surface area contributed by atoms with Gasteiger partial charge in [-0.15, -0.1) is 11.3 Å². The van der Waals surface area contributed by atoms with Crippen molar-refractivity contribution in [3.05, 3.63) is 81.8 Å². The third kappa shape index (κ3) is 5.93. The number of nitrogens with zero attached hydrogens (tertiary/aromatic N) is 2. The number of methoxy groups -OCH3 is 1. The van der Waals surface area contributed by atoms with Crippen molar-refractivity contribution in [3.8, 4) is 0 Å². The number of anilines is 2. The van der Waals surface area contributed by atoms with E-state index in [1.54, 1.807) is 30.2 Å². The summed E-state index contributed by atoms with van der Waals surface area (Å²) >= 11 is 1.39. The summed E-state index contributed by atoms with van der Waals surface area (Å²) < 4.78 is 18.7. The van der Waals surface area contributed by atoms with Crippen LogP contribution in [0.4, 0.5) is 15.8 Å². The van der Waals surface area contributed by atoms with E-state index in [4.69, 9.17) is 4.74 Å². The summed E-state index contributed by atoms with van der Waals surface area (Å²) in [4.78, 5) is 29.9. The Bertz CT molecular complexity index is 1070. The molecule has 2 aromatic carbocycles. The highest BCUT2D eigenvalue weighted by Gasteiger charge is 2.19. The van der Waals surface area contributed by atoms with Crippen LogP contribution >= 0.6 is 11.3 Å². The summed E-state index contributed by atoms with van der Waals surface area (Å²) in [6.07, 6.45) is 0. The minimum absolute atomic E-state index is 0.0732. The van der Waals surface area contributed by atoms with E-state index in [2.05, 4.69) is 5.32 Å². The van der Waals surface area contributed by atoms with E-state index >= 15 is 0 Å². The maximum absolute atomic E-state index is 13.5. The zero-order valence-electron chi connectivity index (χ0n) is 18.3. The molecule has 2 amide bonds. The molecule has 1 N–H and O–H groups in total. The molecule has 0 aliphatic heterocycles. The van der Waals surface area contributed by atoms with Crippen molar-refractivity contribution in [3.63, 3.8) is 0 Å². The Labute approximate surface area is 191 Å². The van der Waals surface area contributed by atoms with Crippen molar-refractivity contribution >= 4 is 34.5 Å². The monoisotopic (exact) mass is 455 g/mol. The number of carbonyl (C=O) groups excluding carboxylic acids is 2. The molecular formula is C24H26FN3O3S. The quantitative estimate of drug-likeness (QED) is 0.516. The summed E-state index contributed by atoms with van der Waals surface area (Å²) in [5, 5.41) is 4.69. The van der Waals surface area contributed by atoms with Gasteiger partial charge in [-0.3, -0.25) is 9.59 Å². The first-order valence-electron chi connectivity index (χ1n) is 10.1. The average molecular weight is 456 g/mol. The molecule has 3 rings (SSSR count). The summed E-state index contributed by atoms with van der Waals surface area (Å²) in [6, 6.07) is 14.7. The molecule has 1 aromatic heterocycles. The Morgan fingerprint density at radius 1 is 1.09 bits per heavy atom. The highest BCUT2D eigenvalue weighted by molar-refractivity contribution is 7.12. The van der Waals surface area contributed by atoms with Crippen LogP contribution in [-0.2, 0) is 11.3 Å². The number of hydrogen-bond acceptors (Lipinski definition) is 5. The van der Waals surface area contributed by atoms with Gasteiger partial charge in [-0.05, 0) is 53.4 Å². The molecule has 0 unspecified atom stereocenters. The number of rotatable bonds is 9. The van der Waals surface area contributed by atoms with E-state index < -0.39 is 11.7 Å². The second-order valence-corrected chi connectivity index (χ2v) is 8.35. The van der Waals surface area contributed by atoms with Crippen molar-refractivity contribution in [2.75, 3.05) is 44.6 Å². The Hall–Kier alpha value is -3.23. The second kappa shape index (κ2) is 10.9. The number of hydrogen-bond donors (Lipinski definition) is 1. The van der Waals surface area contributed by atoms with E-state index in [0.717, 1.165) is 11.3 Å². The van der Waals surface area contributed by atoms with Crippen LogP contribution in [0.3, 0.4) is 0 Å². The molecule has 3 aromatic rings. The van der Waals surface area contributed by atoms with Gasteiger partial charge in [0.05, 0.1) is 11.5 Å². The fraction of sp³-hybridized carbons (Fsp3) is 0.250. The van der Waals surface area contributed by atoms with E-state index in [-0.39, 0.29) is 11.5 Å². The third-order valence-corrected chi connectivity index (χ3v) is 5.71. The van der Waals surface area contributed by atoms with Crippen LogP contribution in [-0.4, -0.2) is 51.1 Å². The van der Waals surface area contributed by atoms with Crippen molar-refractivity contribution < 1.29 is 18.7 Å². The topological polar surface area (TPSA) is 61.9 Å².